The van der Waals surface area contributed by atoms with Gasteiger partial charge >= 0.3 is 10.4 Å². The van der Waals surface area contributed by atoms with Gasteiger partial charge in [0.1, 0.15) is 30.2 Å². The van der Waals surface area contributed by atoms with Crippen molar-refractivity contribution in [3.63, 3.8) is 0 Å². The Labute approximate surface area is 178 Å². The molecule has 0 bridgehead atoms. The Morgan fingerprint density at radius 3 is 2.29 bits per heavy atom. The van der Waals surface area contributed by atoms with Crippen LogP contribution in [-0.2, 0) is 38.3 Å². The summed E-state index contributed by atoms with van der Waals surface area (Å²) in [5.74, 6) is -2.02. The first kappa shape index (κ1) is 22.3. The van der Waals surface area contributed by atoms with E-state index in [1.807, 2.05) is 0 Å². The maximum Gasteiger partial charge on any atom is 0.449 e. The van der Waals surface area contributed by atoms with Crippen LogP contribution in [0.1, 0.15) is 27.7 Å². The van der Waals surface area contributed by atoms with E-state index >= 15 is 0 Å². The molecule has 2 unspecified atom stereocenters. The molecular formula is C18H23NO11S. The standard InChI is InChI=1S/C18H23NO11S/c1-17(2)24-9-12(26-17)13-14(15-16(25-13)28-18(3,4)27-15)30-31(22,23)29-11-7-5-10(6-8-11)19(20)21/h5-8,12-16H,9H2,1-4H3/t12?,13-,14-,15?,16-/m1/s1. The average Bonchev–Trinajstić information content (AvgIpc) is 3.25. The highest BCUT2D eigenvalue weighted by Crippen LogP contribution is 2.42. The number of non-ortho nitro benzene ring substituents is 1. The smallest absolute Gasteiger partial charge is 0.362 e. The molecule has 5 atom stereocenters. The third-order valence-corrected chi connectivity index (χ3v) is 5.75. The fourth-order valence-electron chi connectivity index (χ4n) is 3.69. The Morgan fingerprint density at radius 2 is 1.71 bits per heavy atom. The molecule has 3 saturated heterocycles. The number of nitrogens with zero attached hydrogens (tertiary/aromatic N) is 1. The maximum atomic E-state index is 12.6. The van der Waals surface area contributed by atoms with E-state index in [2.05, 4.69) is 0 Å². The molecule has 3 aliphatic heterocycles. The van der Waals surface area contributed by atoms with Crippen molar-refractivity contribution in [1.82, 2.24) is 0 Å². The number of nitro benzene ring substituents is 1. The summed E-state index contributed by atoms with van der Waals surface area (Å²) in [7, 11) is -4.60. The first-order valence-electron chi connectivity index (χ1n) is 9.54. The van der Waals surface area contributed by atoms with Crippen molar-refractivity contribution in [1.29, 1.82) is 0 Å². The fourth-order valence-corrected chi connectivity index (χ4v) is 4.56. The van der Waals surface area contributed by atoms with Crippen LogP contribution < -0.4 is 4.18 Å². The summed E-state index contributed by atoms with van der Waals surface area (Å²) in [6.07, 6.45) is -4.37. The number of hydrogen-bond acceptors (Lipinski definition) is 11. The minimum atomic E-state index is -4.60. The van der Waals surface area contributed by atoms with Crippen LogP contribution in [0.3, 0.4) is 0 Å². The summed E-state index contributed by atoms with van der Waals surface area (Å²) in [6, 6.07) is 4.54. The van der Waals surface area contributed by atoms with Crippen molar-refractivity contribution in [3.8, 4) is 5.75 Å². The van der Waals surface area contributed by atoms with Gasteiger partial charge in [-0.3, -0.25) is 10.1 Å². The topological polar surface area (TPSA) is 142 Å². The molecule has 0 N–H and O–H groups in total. The van der Waals surface area contributed by atoms with Gasteiger partial charge in [0.05, 0.1) is 11.5 Å². The molecule has 0 radical (unpaired) electrons. The number of rotatable bonds is 6. The highest BCUT2D eigenvalue weighted by molar-refractivity contribution is 7.82. The van der Waals surface area contributed by atoms with Gasteiger partial charge in [-0.2, -0.15) is 8.42 Å². The van der Waals surface area contributed by atoms with Crippen LogP contribution in [-0.4, -0.2) is 62.2 Å². The van der Waals surface area contributed by atoms with E-state index in [0.29, 0.717) is 0 Å². The van der Waals surface area contributed by atoms with Gasteiger partial charge in [-0.25, -0.2) is 4.18 Å². The number of ether oxygens (including phenoxy) is 5. The van der Waals surface area contributed by atoms with Gasteiger partial charge in [-0.15, -0.1) is 0 Å². The van der Waals surface area contributed by atoms with E-state index in [9.17, 15) is 18.5 Å². The molecule has 3 heterocycles. The van der Waals surface area contributed by atoms with Crippen LogP contribution in [0, 0.1) is 10.1 Å². The molecule has 31 heavy (non-hydrogen) atoms. The zero-order chi connectivity index (χ0) is 22.6. The largest absolute Gasteiger partial charge is 0.449 e. The fraction of sp³-hybridized carbons (Fsp3) is 0.667. The van der Waals surface area contributed by atoms with E-state index in [1.165, 1.54) is 0 Å². The number of hydrogen-bond donors (Lipinski definition) is 0. The summed E-state index contributed by atoms with van der Waals surface area (Å²) in [6.45, 7) is 6.94. The minimum Gasteiger partial charge on any atom is -0.362 e. The molecule has 172 valence electrons. The monoisotopic (exact) mass is 461 g/mol. The van der Waals surface area contributed by atoms with Crippen molar-refractivity contribution in [2.75, 3.05) is 6.61 Å². The summed E-state index contributed by atoms with van der Waals surface area (Å²) >= 11 is 0. The second kappa shape index (κ2) is 7.62. The highest BCUT2D eigenvalue weighted by Gasteiger charge is 2.60. The predicted octanol–water partition coefficient (Wildman–Crippen LogP) is 1.63. The van der Waals surface area contributed by atoms with Gasteiger partial charge in [-0.1, -0.05) is 0 Å². The molecule has 3 aliphatic rings. The van der Waals surface area contributed by atoms with Gasteiger partial charge in [0.2, 0.25) is 0 Å². The van der Waals surface area contributed by atoms with Crippen molar-refractivity contribution in [3.05, 3.63) is 34.4 Å². The van der Waals surface area contributed by atoms with Crippen LogP contribution in [0.2, 0.25) is 0 Å². The minimum absolute atomic E-state index is 0.150. The molecule has 4 rings (SSSR count). The van der Waals surface area contributed by atoms with Crippen molar-refractivity contribution in [2.45, 2.75) is 70.0 Å². The lowest BCUT2D eigenvalue weighted by atomic mass is 10.1. The van der Waals surface area contributed by atoms with E-state index in [1.54, 1.807) is 27.7 Å². The van der Waals surface area contributed by atoms with E-state index < -0.39 is 57.6 Å². The Kier molecular flexibility index (Phi) is 5.49. The second-order valence-corrected chi connectivity index (χ2v) is 9.42. The quantitative estimate of drug-likeness (QED) is 0.450. The Bertz CT molecular complexity index is 946. The molecule has 0 spiro atoms. The summed E-state index contributed by atoms with van der Waals surface area (Å²) in [4.78, 5) is 10.1. The molecule has 1 aromatic carbocycles. The van der Waals surface area contributed by atoms with Crippen LogP contribution in [0.25, 0.3) is 0 Å². The van der Waals surface area contributed by atoms with Crippen LogP contribution in [0.4, 0.5) is 5.69 Å². The zero-order valence-electron chi connectivity index (χ0n) is 17.2. The zero-order valence-corrected chi connectivity index (χ0v) is 18.1. The summed E-state index contributed by atoms with van der Waals surface area (Å²) in [5, 5.41) is 10.8. The molecule has 0 aliphatic carbocycles. The Hall–Kier alpha value is -1.87. The van der Waals surface area contributed by atoms with E-state index in [0.717, 1.165) is 24.3 Å². The third kappa shape index (κ3) is 4.82. The van der Waals surface area contributed by atoms with Crippen LogP contribution >= 0.6 is 0 Å². The molecule has 13 heteroatoms. The molecule has 1 aromatic rings. The SMILES string of the molecule is CC1(C)OCC([C@H]2O[C@@H]3OC(C)(C)OC3[C@@H]2OS(=O)(=O)Oc2ccc([N+](=O)[O-])cc2)O1. The molecule has 12 nitrogen and oxygen atoms in total. The molecule has 0 saturated carbocycles. The average molecular weight is 461 g/mol. The first-order chi connectivity index (χ1) is 14.3. The van der Waals surface area contributed by atoms with Gasteiger partial charge in [0, 0.05) is 12.1 Å². The van der Waals surface area contributed by atoms with Crippen molar-refractivity contribution in [2.24, 2.45) is 0 Å². The lowest BCUT2D eigenvalue weighted by molar-refractivity contribution is -0.384. The lowest BCUT2D eigenvalue weighted by Crippen LogP contribution is -2.45. The van der Waals surface area contributed by atoms with Crippen LogP contribution in [0.15, 0.2) is 24.3 Å². The molecule has 0 amide bonds. The van der Waals surface area contributed by atoms with E-state index in [-0.39, 0.29) is 18.0 Å². The first-order valence-corrected chi connectivity index (χ1v) is 10.9. The maximum absolute atomic E-state index is 12.6. The van der Waals surface area contributed by atoms with Crippen LogP contribution in [0.5, 0.6) is 5.75 Å². The van der Waals surface area contributed by atoms with Gasteiger partial charge in [0.15, 0.2) is 17.9 Å². The predicted molar refractivity (Wildman–Crippen MR) is 101 cm³/mol. The van der Waals surface area contributed by atoms with Gasteiger partial charge < -0.3 is 27.9 Å². The summed E-state index contributed by atoms with van der Waals surface area (Å²) < 4.78 is 64.2. The number of fused-ring (bicyclic) bond motifs is 1. The highest BCUT2D eigenvalue weighted by atomic mass is 32.3. The molecule has 3 fully saturated rings. The lowest BCUT2D eigenvalue weighted by Gasteiger charge is -2.28. The molecular weight excluding hydrogens is 438 g/mol. The number of benzene rings is 1. The second-order valence-electron chi connectivity index (χ2n) is 8.24. The Morgan fingerprint density at radius 1 is 1.03 bits per heavy atom. The third-order valence-electron chi connectivity index (χ3n) is 4.90. The molecule has 0 aromatic heterocycles. The van der Waals surface area contributed by atoms with Gasteiger partial charge in [-0.05, 0) is 39.8 Å². The van der Waals surface area contributed by atoms with Crippen molar-refractivity contribution < 1.29 is 45.4 Å². The Balaban J connectivity index is 1.52. The summed E-state index contributed by atoms with van der Waals surface area (Å²) in [5.41, 5.74) is -0.211. The normalized spacial score (nSPS) is 33.9. The number of nitro groups is 1. The van der Waals surface area contributed by atoms with E-state index in [4.69, 9.17) is 32.1 Å². The van der Waals surface area contributed by atoms with Gasteiger partial charge in [0.25, 0.3) is 5.69 Å². The van der Waals surface area contributed by atoms with Crippen molar-refractivity contribution >= 4 is 16.1 Å².